The highest BCUT2D eigenvalue weighted by molar-refractivity contribution is 6.09. The van der Waals surface area contributed by atoms with E-state index in [1.54, 1.807) is 43.8 Å². The number of aromatic nitrogens is 3. The summed E-state index contributed by atoms with van der Waals surface area (Å²) in [5.74, 6) is 5.84. The van der Waals surface area contributed by atoms with Crippen molar-refractivity contribution in [2.45, 2.75) is 12.1 Å². The molecule has 9 heteroatoms. The molecule has 0 bridgehead atoms. The summed E-state index contributed by atoms with van der Waals surface area (Å²) in [6.07, 6.45) is 3.38. The van der Waals surface area contributed by atoms with E-state index in [0.29, 0.717) is 16.7 Å². The molecule has 0 spiro atoms. The molecule has 9 nitrogen and oxygen atoms in total. The Balaban J connectivity index is 1.56. The molecule has 1 fully saturated rings. The van der Waals surface area contributed by atoms with E-state index in [1.165, 1.54) is 4.57 Å². The number of nitrogens with zero attached hydrogens (tertiary/aromatic N) is 2. The fourth-order valence-corrected chi connectivity index (χ4v) is 3.66. The number of rotatable bonds is 3. The van der Waals surface area contributed by atoms with Gasteiger partial charge in [-0.15, -0.1) is 0 Å². The topological polar surface area (TPSA) is 121 Å². The molecule has 1 saturated heterocycles. The Morgan fingerprint density at radius 2 is 2.06 bits per heavy atom. The van der Waals surface area contributed by atoms with Gasteiger partial charge < -0.3 is 19.7 Å². The molecule has 2 aromatic heterocycles. The second kappa shape index (κ2) is 6.81. The number of amides is 3. The van der Waals surface area contributed by atoms with Crippen LogP contribution in [0.5, 0.6) is 11.6 Å². The zero-order valence-corrected chi connectivity index (χ0v) is 16.4. The summed E-state index contributed by atoms with van der Waals surface area (Å²) in [6.45, 7) is -0.0750. The second-order valence-corrected chi connectivity index (χ2v) is 7.27. The average Bonchev–Trinajstić information content (AvgIpc) is 3.43. The zero-order chi connectivity index (χ0) is 21.6. The van der Waals surface area contributed by atoms with E-state index in [4.69, 9.17) is 4.74 Å². The summed E-state index contributed by atoms with van der Waals surface area (Å²) in [6, 6.07) is 10.1. The summed E-state index contributed by atoms with van der Waals surface area (Å²) < 4.78 is 6.70. The van der Waals surface area contributed by atoms with E-state index in [9.17, 15) is 14.7 Å². The molecule has 0 unspecified atom stereocenters. The quantitative estimate of drug-likeness (QED) is 0.301. The molecule has 3 heterocycles. The molecule has 31 heavy (non-hydrogen) atoms. The van der Waals surface area contributed by atoms with Crippen LogP contribution in [0.1, 0.15) is 5.56 Å². The largest absolute Gasteiger partial charge is 0.497 e. The molecular weight excluding hydrogens is 398 g/mol. The summed E-state index contributed by atoms with van der Waals surface area (Å²) >= 11 is 0. The van der Waals surface area contributed by atoms with Gasteiger partial charge in [-0.1, -0.05) is 11.8 Å². The van der Waals surface area contributed by atoms with E-state index in [0.717, 1.165) is 16.3 Å². The van der Waals surface area contributed by atoms with Crippen molar-refractivity contribution in [2.24, 2.45) is 0 Å². The number of hydrogen-bond acceptors (Lipinski definition) is 5. The molecule has 1 aliphatic heterocycles. The van der Waals surface area contributed by atoms with E-state index in [1.807, 2.05) is 12.1 Å². The van der Waals surface area contributed by atoms with Crippen LogP contribution < -0.4 is 15.4 Å². The highest BCUT2D eigenvalue weighted by atomic mass is 16.5. The minimum Gasteiger partial charge on any atom is -0.497 e. The average molecular weight is 415 g/mol. The standard InChI is InChI=1S/C22H17N5O4/c1-31-16-4-3-14-11-27(19(28)17(14)9-16)12-22(20(29)24-21(30)25-22)7-6-13-2-5-18-15(8-13)10-23-26-18/h2-5,8-11,28H,12H2,1H3,(H,23,26)(H2,24,25,29,30)/t22-/m1/s1. The Kier molecular flexibility index (Phi) is 4.08. The molecule has 0 radical (unpaired) electrons. The Bertz CT molecular complexity index is 1420. The third kappa shape index (κ3) is 3.11. The third-order valence-corrected chi connectivity index (χ3v) is 5.28. The lowest BCUT2D eigenvalue weighted by atomic mass is 9.99. The number of urea groups is 1. The van der Waals surface area contributed by atoms with Gasteiger partial charge >= 0.3 is 6.03 Å². The Labute approximate surface area is 176 Å². The van der Waals surface area contributed by atoms with Crippen LogP contribution in [0.25, 0.3) is 21.7 Å². The van der Waals surface area contributed by atoms with E-state index >= 15 is 0 Å². The molecule has 4 aromatic rings. The monoisotopic (exact) mass is 415 g/mol. The molecule has 2 aromatic carbocycles. The molecular formula is C22H17N5O4. The van der Waals surface area contributed by atoms with E-state index in [-0.39, 0.29) is 12.4 Å². The van der Waals surface area contributed by atoms with Gasteiger partial charge in [-0.2, -0.15) is 5.10 Å². The Hall–Kier alpha value is -4.45. The van der Waals surface area contributed by atoms with Gasteiger partial charge in [0.25, 0.3) is 5.91 Å². The first kappa shape index (κ1) is 18.6. The van der Waals surface area contributed by atoms with Gasteiger partial charge in [0.1, 0.15) is 5.75 Å². The highest BCUT2D eigenvalue weighted by Gasteiger charge is 2.46. The molecule has 0 saturated carbocycles. The number of aromatic hydroxyl groups is 1. The number of hydrogen-bond donors (Lipinski definition) is 4. The first-order valence-corrected chi connectivity index (χ1v) is 9.43. The van der Waals surface area contributed by atoms with E-state index < -0.39 is 17.5 Å². The lowest BCUT2D eigenvalue weighted by Crippen LogP contribution is -2.49. The number of H-pyrrole nitrogens is 1. The van der Waals surface area contributed by atoms with Crippen LogP contribution in [0.3, 0.4) is 0 Å². The van der Waals surface area contributed by atoms with Crippen molar-refractivity contribution in [3.63, 3.8) is 0 Å². The van der Waals surface area contributed by atoms with Gasteiger partial charge in [-0.05, 0) is 36.4 Å². The van der Waals surface area contributed by atoms with Crippen molar-refractivity contribution < 1.29 is 19.4 Å². The first-order valence-electron chi connectivity index (χ1n) is 9.43. The molecule has 5 rings (SSSR count). The van der Waals surface area contributed by atoms with Crippen molar-refractivity contribution in [2.75, 3.05) is 7.11 Å². The second-order valence-electron chi connectivity index (χ2n) is 7.27. The number of nitrogens with one attached hydrogen (secondary N) is 3. The van der Waals surface area contributed by atoms with Gasteiger partial charge in [-0.3, -0.25) is 15.2 Å². The van der Waals surface area contributed by atoms with Gasteiger partial charge in [0.15, 0.2) is 5.88 Å². The van der Waals surface area contributed by atoms with Crippen LogP contribution in [0, 0.1) is 11.8 Å². The molecule has 0 aliphatic carbocycles. The number of carbonyl (C=O) groups is 2. The number of aromatic amines is 1. The van der Waals surface area contributed by atoms with Crippen molar-refractivity contribution in [3.05, 3.63) is 54.4 Å². The van der Waals surface area contributed by atoms with Crippen LogP contribution in [-0.4, -0.2) is 44.5 Å². The summed E-state index contributed by atoms with van der Waals surface area (Å²) in [7, 11) is 1.54. The van der Waals surface area contributed by atoms with Crippen molar-refractivity contribution in [3.8, 4) is 23.5 Å². The zero-order valence-electron chi connectivity index (χ0n) is 16.4. The number of ether oxygens (including phenoxy) is 1. The first-order chi connectivity index (χ1) is 15.0. The summed E-state index contributed by atoms with van der Waals surface area (Å²) in [5, 5.41) is 24.6. The fraction of sp³-hybridized carbons (Fsp3) is 0.136. The number of benzene rings is 2. The van der Waals surface area contributed by atoms with Gasteiger partial charge in [-0.25, -0.2) is 4.79 Å². The van der Waals surface area contributed by atoms with Crippen molar-refractivity contribution in [1.82, 2.24) is 25.4 Å². The minimum atomic E-state index is -1.54. The number of fused-ring (bicyclic) bond motifs is 2. The molecule has 154 valence electrons. The summed E-state index contributed by atoms with van der Waals surface area (Å²) in [4.78, 5) is 24.6. The van der Waals surface area contributed by atoms with Crippen molar-refractivity contribution in [1.29, 1.82) is 0 Å². The fourth-order valence-electron chi connectivity index (χ4n) is 3.66. The van der Waals surface area contributed by atoms with Crippen LogP contribution in [0.4, 0.5) is 4.79 Å². The predicted octanol–water partition coefficient (Wildman–Crippen LogP) is 1.86. The smallest absolute Gasteiger partial charge is 0.323 e. The predicted molar refractivity (Wildman–Crippen MR) is 113 cm³/mol. The molecule has 1 atom stereocenters. The Morgan fingerprint density at radius 1 is 1.19 bits per heavy atom. The lowest BCUT2D eigenvalue weighted by molar-refractivity contribution is -0.122. The van der Waals surface area contributed by atoms with E-state index in [2.05, 4.69) is 32.7 Å². The molecule has 4 N–H and O–H groups in total. The SMILES string of the molecule is COc1ccc2cn(C[C@@]3(C#Cc4ccc5[nH]ncc5c4)NC(=O)NC3=O)c(O)c2c1. The maximum Gasteiger partial charge on any atom is 0.323 e. The maximum atomic E-state index is 12.7. The third-order valence-electron chi connectivity index (χ3n) is 5.28. The van der Waals surface area contributed by atoms with Gasteiger partial charge in [0.05, 0.1) is 25.4 Å². The number of imide groups is 1. The number of carbonyl (C=O) groups excluding carboxylic acids is 2. The van der Waals surface area contributed by atoms with Gasteiger partial charge in [0, 0.05) is 27.9 Å². The highest BCUT2D eigenvalue weighted by Crippen LogP contribution is 2.32. The lowest BCUT2D eigenvalue weighted by Gasteiger charge is -2.20. The Morgan fingerprint density at radius 3 is 2.84 bits per heavy atom. The normalized spacial score (nSPS) is 18.0. The molecule has 1 aliphatic rings. The summed E-state index contributed by atoms with van der Waals surface area (Å²) in [5.41, 5.74) is -0.0145. The van der Waals surface area contributed by atoms with Crippen LogP contribution >= 0.6 is 0 Å². The number of methoxy groups -OCH3 is 1. The molecule has 3 amide bonds. The van der Waals surface area contributed by atoms with Crippen molar-refractivity contribution >= 4 is 33.6 Å². The van der Waals surface area contributed by atoms with Crippen LogP contribution in [-0.2, 0) is 11.3 Å². The van der Waals surface area contributed by atoms with Crippen LogP contribution in [0.15, 0.2) is 48.8 Å². The minimum absolute atomic E-state index is 0.0520. The van der Waals surface area contributed by atoms with Gasteiger partial charge in [0.2, 0.25) is 5.54 Å². The maximum absolute atomic E-state index is 12.7. The van der Waals surface area contributed by atoms with Crippen LogP contribution in [0.2, 0.25) is 0 Å².